The summed E-state index contributed by atoms with van der Waals surface area (Å²) < 4.78 is 1.29. The van der Waals surface area contributed by atoms with E-state index in [-0.39, 0.29) is 24.3 Å². The van der Waals surface area contributed by atoms with Gasteiger partial charge < -0.3 is 10.6 Å². The molecule has 132 valence electrons. The van der Waals surface area contributed by atoms with E-state index >= 15 is 0 Å². The zero-order valence-electron chi connectivity index (χ0n) is 13.6. The number of hydrogen-bond donors (Lipinski definition) is 2. The third kappa shape index (κ3) is 3.51. The van der Waals surface area contributed by atoms with Crippen molar-refractivity contribution in [2.45, 2.75) is 0 Å². The number of hydrogen-bond acceptors (Lipinski definition) is 6. The summed E-state index contributed by atoms with van der Waals surface area (Å²) in [6.45, 7) is 0.445. The van der Waals surface area contributed by atoms with Crippen molar-refractivity contribution in [1.82, 2.24) is 14.7 Å². The minimum absolute atomic E-state index is 0.0456. The number of rotatable bonds is 6. The zero-order valence-corrected chi connectivity index (χ0v) is 13.6. The third-order valence-electron chi connectivity index (χ3n) is 3.68. The summed E-state index contributed by atoms with van der Waals surface area (Å²) in [4.78, 5) is 39.1. The molecule has 0 unspecified atom stereocenters. The number of anilines is 1. The molecular formula is C17H15N5O4. The summed E-state index contributed by atoms with van der Waals surface area (Å²) in [6.07, 6.45) is 2.78. The Bertz CT molecular complexity index is 1030. The Morgan fingerprint density at radius 3 is 2.73 bits per heavy atom. The first kappa shape index (κ1) is 17.1. The molecule has 0 aliphatic heterocycles. The highest BCUT2D eigenvalue weighted by atomic mass is 16.6. The molecule has 0 fully saturated rings. The van der Waals surface area contributed by atoms with Crippen LogP contribution in [0, 0.1) is 10.1 Å². The summed E-state index contributed by atoms with van der Waals surface area (Å²) in [5, 5.41) is 16.4. The van der Waals surface area contributed by atoms with Crippen LogP contribution in [-0.2, 0) is 0 Å². The molecule has 0 bridgehead atoms. The second-order valence-corrected chi connectivity index (χ2v) is 5.36. The van der Waals surface area contributed by atoms with E-state index in [9.17, 15) is 19.7 Å². The van der Waals surface area contributed by atoms with Gasteiger partial charge in [-0.25, -0.2) is 4.98 Å². The van der Waals surface area contributed by atoms with Gasteiger partial charge in [-0.1, -0.05) is 18.2 Å². The number of aromatic nitrogens is 2. The van der Waals surface area contributed by atoms with Gasteiger partial charge in [0.05, 0.1) is 4.92 Å². The Balaban J connectivity index is 1.63. The molecular weight excluding hydrogens is 338 g/mol. The number of nitrogens with zero attached hydrogens (tertiary/aromatic N) is 3. The topological polar surface area (TPSA) is 119 Å². The van der Waals surface area contributed by atoms with Crippen molar-refractivity contribution < 1.29 is 9.72 Å². The number of benzene rings is 1. The molecule has 2 heterocycles. The number of amides is 1. The van der Waals surface area contributed by atoms with Crippen LogP contribution in [0.4, 0.5) is 11.4 Å². The Labute approximate surface area is 147 Å². The largest absolute Gasteiger partial charge is 0.378 e. The first-order valence-electron chi connectivity index (χ1n) is 7.80. The van der Waals surface area contributed by atoms with Gasteiger partial charge in [0.25, 0.3) is 17.2 Å². The van der Waals surface area contributed by atoms with Crippen LogP contribution in [0.2, 0.25) is 0 Å². The Morgan fingerprint density at radius 2 is 1.92 bits per heavy atom. The molecule has 0 spiro atoms. The van der Waals surface area contributed by atoms with Crippen LogP contribution in [0.15, 0.2) is 59.7 Å². The molecule has 2 N–H and O–H groups in total. The van der Waals surface area contributed by atoms with E-state index in [1.54, 1.807) is 36.4 Å². The van der Waals surface area contributed by atoms with Crippen LogP contribution in [0.1, 0.15) is 10.4 Å². The van der Waals surface area contributed by atoms with Crippen LogP contribution in [0.25, 0.3) is 5.65 Å². The molecule has 1 amide bonds. The highest BCUT2D eigenvalue weighted by Gasteiger charge is 2.14. The van der Waals surface area contributed by atoms with Crippen molar-refractivity contribution >= 4 is 22.9 Å². The van der Waals surface area contributed by atoms with Crippen molar-refractivity contribution in [3.8, 4) is 0 Å². The molecule has 3 aromatic rings. The Kier molecular flexibility index (Phi) is 4.88. The molecule has 0 saturated heterocycles. The molecule has 1 aromatic carbocycles. The number of fused-ring (bicyclic) bond motifs is 1. The molecule has 9 heteroatoms. The molecule has 2 aromatic heterocycles. The fourth-order valence-electron chi connectivity index (χ4n) is 2.43. The summed E-state index contributed by atoms with van der Waals surface area (Å²) in [5.41, 5.74) is 0.237. The van der Waals surface area contributed by atoms with Crippen molar-refractivity contribution in [3.63, 3.8) is 0 Å². The highest BCUT2D eigenvalue weighted by Crippen LogP contribution is 2.22. The van der Waals surface area contributed by atoms with E-state index in [1.807, 2.05) is 0 Å². The van der Waals surface area contributed by atoms with E-state index in [2.05, 4.69) is 15.6 Å². The number of carbonyl (C=O) groups is 1. The summed E-state index contributed by atoms with van der Waals surface area (Å²) >= 11 is 0. The lowest BCUT2D eigenvalue weighted by Crippen LogP contribution is -2.34. The second-order valence-electron chi connectivity index (χ2n) is 5.36. The highest BCUT2D eigenvalue weighted by molar-refractivity contribution is 5.93. The molecule has 0 saturated carbocycles. The van der Waals surface area contributed by atoms with Crippen LogP contribution in [0.5, 0.6) is 0 Å². The van der Waals surface area contributed by atoms with E-state index in [0.29, 0.717) is 11.3 Å². The number of para-hydroxylation sites is 2. The average molecular weight is 353 g/mol. The van der Waals surface area contributed by atoms with E-state index in [1.165, 1.54) is 22.9 Å². The second kappa shape index (κ2) is 7.43. The number of nitro benzene ring substituents is 1. The molecule has 26 heavy (non-hydrogen) atoms. The van der Waals surface area contributed by atoms with Crippen LogP contribution in [0.3, 0.4) is 0 Å². The molecule has 3 rings (SSSR count). The standard InChI is InChI=1S/C17H15N5O4/c23-16(12-11-20-15-7-3-4-10-21(15)17(12)24)19-9-8-18-13-5-1-2-6-14(13)22(25)26/h1-7,10-11,18H,8-9H2,(H,19,23). The Hall–Kier alpha value is -3.75. The lowest BCUT2D eigenvalue weighted by molar-refractivity contribution is -0.384. The molecule has 0 aliphatic rings. The number of carbonyl (C=O) groups excluding carboxylic acids is 1. The average Bonchev–Trinajstić information content (AvgIpc) is 2.65. The van der Waals surface area contributed by atoms with Gasteiger partial charge in [0.2, 0.25) is 0 Å². The lowest BCUT2D eigenvalue weighted by atomic mass is 10.2. The van der Waals surface area contributed by atoms with Gasteiger partial charge in [-0.05, 0) is 18.2 Å². The zero-order chi connectivity index (χ0) is 18.5. The summed E-state index contributed by atoms with van der Waals surface area (Å²) in [7, 11) is 0. The van der Waals surface area contributed by atoms with E-state index in [4.69, 9.17) is 0 Å². The maximum Gasteiger partial charge on any atom is 0.292 e. The molecule has 0 radical (unpaired) electrons. The summed E-state index contributed by atoms with van der Waals surface area (Å²) in [5.74, 6) is -0.551. The minimum atomic E-state index is -0.551. The first-order valence-corrected chi connectivity index (χ1v) is 7.80. The van der Waals surface area contributed by atoms with Crippen molar-refractivity contribution in [3.05, 3.63) is 80.9 Å². The van der Waals surface area contributed by atoms with Gasteiger partial charge in [-0.2, -0.15) is 0 Å². The minimum Gasteiger partial charge on any atom is -0.378 e. The molecule has 0 atom stereocenters. The molecule has 9 nitrogen and oxygen atoms in total. The molecule has 0 aliphatic carbocycles. The monoisotopic (exact) mass is 353 g/mol. The summed E-state index contributed by atoms with van der Waals surface area (Å²) in [6, 6.07) is 11.3. The van der Waals surface area contributed by atoms with Gasteiger partial charge in [0.15, 0.2) is 0 Å². The number of nitrogens with one attached hydrogen (secondary N) is 2. The van der Waals surface area contributed by atoms with Crippen LogP contribution in [-0.4, -0.2) is 33.3 Å². The number of nitro groups is 1. The van der Waals surface area contributed by atoms with Gasteiger partial charge in [0.1, 0.15) is 16.9 Å². The van der Waals surface area contributed by atoms with E-state index in [0.717, 1.165) is 0 Å². The quantitative estimate of drug-likeness (QED) is 0.393. The van der Waals surface area contributed by atoms with Crippen LogP contribution >= 0.6 is 0 Å². The predicted molar refractivity (Wildman–Crippen MR) is 95.4 cm³/mol. The third-order valence-corrected chi connectivity index (χ3v) is 3.68. The SMILES string of the molecule is O=C(NCCNc1ccccc1[N+](=O)[O-])c1cnc2ccccn2c1=O. The van der Waals surface area contributed by atoms with Crippen molar-refractivity contribution in [2.75, 3.05) is 18.4 Å². The van der Waals surface area contributed by atoms with Gasteiger partial charge in [-0.3, -0.25) is 24.1 Å². The fourth-order valence-corrected chi connectivity index (χ4v) is 2.43. The maximum atomic E-state index is 12.3. The normalized spacial score (nSPS) is 10.5. The maximum absolute atomic E-state index is 12.3. The smallest absolute Gasteiger partial charge is 0.292 e. The van der Waals surface area contributed by atoms with Crippen molar-refractivity contribution in [1.29, 1.82) is 0 Å². The van der Waals surface area contributed by atoms with Gasteiger partial charge >= 0.3 is 0 Å². The Morgan fingerprint density at radius 1 is 1.15 bits per heavy atom. The lowest BCUT2D eigenvalue weighted by Gasteiger charge is -2.08. The van der Waals surface area contributed by atoms with E-state index < -0.39 is 16.4 Å². The fraction of sp³-hybridized carbons (Fsp3) is 0.118. The van der Waals surface area contributed by atoms with Gasteiger partial charge in [0, 0.05) is 31.5 Å². The van der Waals surface area contributed by atoms with Crippen molar-refractivity contribution in [2.24, 2.45) is 0 Å². The number of pyridine rings is 1. The van der Waals surface area contributed by atoms with Crippen LogP contribution < -0.4 is 16.2 Å². The first-order chi connectivity index (χ1) is 12.6. The van der Waals surface area contributed by atoms with Gasteiger partial charge in [-0.15, -0.1) is 0 Å². The predicted octanol–water partition coefficient (Wildman–Crippen LogP) is 1.44.